The van der Waals surface area contributed by atoms with Crippen LogP contribution in [0.25, 0.3) is 0 Å². The van der Waals surface area contributed by atoms with Crippen LogP contribution in [0.4, 0.5) is 17.3 Å². The molecule has 1 fully saturated rings. The molecular weight excluding hydrogens is 336 g/mol. The molecule has 0 aliphatic heterocycles. The molecule has 1 aromatic heterocycles. The third kappa shape index (κ3) is 4.05. The molecule has 0 bridgehead atoms. The van der Waals surface area contributed by atoms with E-state index in [9.17, 15) is 14.9 Å². The number of hydrogen-bond acceptors (Lipinski definition) is 7. The summed E-state index contributed by atoms with van der Waals surface area (Å²) >= 11 is 0. The minimum atomic E-state index is -0.558. The monoisotopic (exact) mass is 356 g/mol. The molecule has 3 rings (SSSR count). The van der Waals surface area contributed by atoms with Crippen LogP contribution >= 0.6 is 0 Å². The van der Waals surface area contributed by atoms with E-state index in [0.29, 0.717) is 5.56 Å². The molecule has 0 radical (unpaired) electrons. The fourth-order valence-electron chi connectivity index (χ4n) is 2.91. The number of nitrogens with zero attached hydrogens (tertiary/aromatic N) is 3. The molecule has 1 saturated carbocycles. The Morgan fingerprint density at radius 3 is 2.46 bits per heavy atom. The molecule has 1 heterocycles. The molecule has 9 heteroatoms. The number of carbonyl (C=O) groups excluding carboxylic acids is 1. The van der Waals surface area contributed by atoms with E-state index in [1.165, 1.54) is 6.33 Å². The zero-order valence-corrected chi connectivity index (χ0v) is 14.4. The lowest BCUT2D eigenvalue weighted by Crippen LogP contribution is -2.30. The van der Waals surface area contributed by atoms with Gasteiger partial charge in [0.2, 0.25) is 11.6 Å². The smallest absolute Gasteiger partial charge is 0.354 e. The summed E-state index contributed by atoms with van der Waals surface area (Å²) in [6, 6.07) is 7.14. The van der Waals surface area contributed by atoms with Crippen molar-refractivity contribution in [1.29, 1.82) is 0 Å². The van der Waals surface area contributed by atoms with Gasteiger partial charge >= 0.3 is 5.69 Å². The Morgan fingerprint density at radius 1 is 1.15 bits per heavy atom. The van der Waals surface area contributed by atoms with Gasteiger partial charge in [0.1, 0.15) is 6.33 Å². The molecule has 9 nitrogen and oxygen atoms in total. The van der Waals surface area contributed by atoms with Crippen LogP contribution in [0.2, 0.25) is 0 Å². The summed E-state index contributed by atoms with van der Waals surface area (Å²) in [6.07, 6.45) is 5.31. The van der Waals surface area contributed by atoms with E-state index in [0.717, 1.165) is 31.2 Å². The van der Waals surface area contributed by atoms with E-state index in [1.807, 2.05) is 19.1 Å². The molecule has 0 spiro atoms. The number of amides is 1. The molecule has 0 saturated heterocycles. The van der Waals surface area contributed by atoms with Crippen molar-refractivity contribution in [3.63, 3.8) is 0 Å². The van der Waals surface area contributed by atoms with Gasteiger partial charge in [-0.3, -0.25) is 25.8 Å². The lowest BCUT2D eigenvalue weighted by Gasteiger charge is -2.14. The van der Waals surface area contributed by atoms with Crippen molar-refractivity contribution in [2.45, 2.75) is 38.6 Å². The number of aromatic nitrogens is 2. The predicted molar refractivity (Wildman–Crippen MR) is 96.8 cm³/mol. The number of rotatable bonds is 6. The summed E-state index contributed by atoms with van der Waals surface area (Å²) in [5.41, 5.74) is 6.16. The highest BCUT2D eigenvalue weighted by Gasteiger charge is 2.26. The third-order valence-electron chi connectivity index (χ3n) is 4.31. The van der Waals surface area contributed by atoms with Crippen molar-refractivity contribution < 1.29 is 9.72 Å². The third-order valence-corrected chi connectivity index (χ3v) is 4.31. The van der Waals surface area contributed by atoms with Crippen molar-refractivity contribution in [3.8, 4) is 0 Å². The minimum absolute atomic E-state index is 0.0639. The second-order valence-electron chi connectivity index (χ2n) is 6.25. The summed E-state index contributed by atoms with van der Waals surface area (Å²) in [5.74, 6) is -0.321. The van der Waals surface area contributed by atoms with Crippen molar-refractivity contribution >= 4 is 23.2 Å². The first-order chi connectivity index (χ1) is 12.5. The van der Waals surface area contributed by atoms with E-state index in [2.05, 4.69) is 26.1 Å². The minimum Gasteiger partial charge on any atom is -0.361 e. The Morgan fingerprint density at radius 2 is 1.81 bits per heavy atom. The number of aryl methyl sites for hydroxylation is 1. The molecule has 2 aromatic rings. The summed E-state index contributed by atoms with van der Waals surface area (Å²) in [5, 5.41) is 14.6. The Bertz CT molecular complexity index is 803. The highest BCUT2D eigenvalue weighted by atomic mass is 16.6. The molecule has 1 aliphatic rings. The van der Waals surface area contributed by atoms with Crippen LogP contribution in [-0.4, -0.2) is 26.8 Å². The van der Waals surface area contributed by atoms with Gasteiger partial charge in [-0.15, -0.1) is 0 Å². The molecule has 1 aliphatic carbocycles. The lowest BCUT2D eigenvalue weighted by atomic mass is 10.1. The highest BCUT2D eigenvalue weighted by molar-refractivity contribution is 5.95. The van der Waals surface area contributed by atoms with Crippen molar-refractivity contribution in [3.05, 3.63) is 51.8 Å². The van der Waals surface area contributed by atoms with Gasteiger partial charge in [0.25, 0.3) is 5.91 Å². The number of anilines is 2. The van der Waals surface area contributed by atoms with Crippen LogP contribution in [0.3, 0.4) is 0 Å². The van der Waals surface area contributed by atoms with Crippen LogP contribution in [0.15, 0.2) is 30.6 Å². The normalized spacial score (nSPS) is 14.0. The number of benzene rings is 1. The van der Waals surface area contributed by atoms with E-state index in [-0.39, 0.29) is 23.4 Å². The van der Waals surface area contributed by atoms with Crippen LogP contribution in [0, 0.1) is 17.0 Å². The van der Waals surface area contributed by atoms with E-state index >= 15 is 0 Å². The Balaban J connectivity index is 1.75. The maximum absolute atomic E-state index is 12.2. The number of nitrogens with one attached hydrogen (secondary N) is 3. The Labute approximate surface area is 150 Å². The molecule has 0 unspecified atom stereocenters. The number of nitro groups is 1. The zero-order chi connectivity index (χ0) is 18.5. The number of hydrazine groups is 1. The Hall–Kier alpha value is -3.23. The second kappa shape index (κ2) is 7.77. The van der Waals surface area contributed by atoms with Gasteiger partial charge in [0.15, 0.2) is 0 Å². The summed E-state index contributed by atoms with van der Waals surface area (Å²) in [6.45, 7) is 1.92. The van der Waals surface area contributed by atoms with Gasteiger partial charge in [-0.1, -0.05) is 30.5 Å². The van der Waals surface area contributed by atoms with Gasteiger partial charge in [-0.2, -0.15) is 0 Å². The SMILES string of the molecule is Cc1ccc(C(=O)NNc2ncnc(NC3CCCC3)c2[N+](=O)[O-])cc1. The van der Waals surface area contributed by atoms with Crippen LogP contribution in [0.1, 0.15) is 41.6 Å². The van der Waals surface area contributed by atoms with Gasteiger partial charge in [-0.25, -0.2) is 9.97 Å². The average Bonchev–Trinajstić information content (AvgIpc) is 3.13. The maximum Gasteiger partial charge on any atom is 0.354 e. The van der Waals surface area contributed by atoms with Crippen LogP contribution < -0.4 is 16.2 Å². The molecule has 26 heavy (non-hydrogen) atoms. The van der Waals surface area contributed by atoms with Gasteiger partial charge < -0.3 is 5.32 Å². The highest BCUT2D eigenvalue weighted by Crippen LogP contribution is 2.31. The zero-order valence-electron chi connectivity index (χ0n) is 14.4. The molecule has 1 amide bonds. The van der Waals surface area contributed by atoms with E-state index in [4.69, 9.17) is 0 Å². The Kier molecular flexibility index (Phi) is 5.26. The van der Waals surface area contributed by atoms with Crippen LogP contribution in [-0.2, 0) is 0 Å². The van der Waals surface area contributed by atoms with E-state index in [1.54, 1.807) is 12.1 Å². The fraction of sp³-hybridized carbons (Fsp3) is 0.353. The maximum atomic E-state index is 12.2. The first-order valence-electron chi connectivity index (χ1n) is 8.43. The predicted octanol–water partition coefficient (Wildman–Crippen LogP) is 2.80. The first-order valence-corrected chi connectivity index (χ1v) is 8.43. The number of carbonyl (C=O) groups is 1. The van der Waals surface area contributed by atoms with Gasteiger partial charge in [-0.05, 0) is 31.9 Å². The van der Waals surface area contributed by atoms with E-state index < -0.39 is 10.8 Å². The topological polar surface area (TPSA) is 122 Å². The van der Waals surface area contributed by atoms with Gasteiger partial charge in [0, 0.05) is 11.6 Å². The molecule has 1 aromatic carbocycles. The fourth-order valence-corrected chi connectivity index (χ4v) is 2.91. The molecule has 0 atom stereocenters. The second-order valence-corrected chi connectivity index (χ2v) is 6.25. The summed E-state index contributed by atoms with van der Waals surface area (Å²) < 4.78 is 0. The summed E-state index contributed by atoms with van der Waals surface area (Å²) in [7, 11) is 0. The quantitative estimate of drug-likeness (QED) is 0.537. The summed E-state index contributed by atoms with van der Waals surface area (Å²) in [4.78, 5) is 31.0. The lowest BCUT2D eigenvalue weighted by molar-refractivity contribution is -0.383. The largest absolute Gasteiger partial charge is 0.361 e. The first kappa shape index (κ1) is 17.6. The van der Waals surface area contributed by atoms with Crippen molar-refractivity contribution in [2.24, 2.45) is 0 Å². The molecular formula is C17H20N6O3. The molecule has 3 N–H and O–H groups in total. The van der Waals surface area contributed by atoms with Gasteiger partial charge in [0.05, 0.1) is 4.92 Å². The molecule has 136 valence electrons. The average molecular weight is 356 g/mol. The van der Waals surface area contributed by atoms with Crippen molar-refractivity contribution in [2.75, 3.05) is 10.7 Å². The van der Waals surface area contributed by atoms with Crippen LogP contribution in [0.5, 0.6) is 0 Å². The van der Waals surface area contributed by atoms with Crippen molar-refractivity contribution in [1.82, 2.24) is 15.4 Å². The number of hydrogen-bond donors (Lipinski definition) is 3. The standard InChI is InChI=1S/C17H20N6O3/c1-11-6-8-12(9-7-11)17(24)22-21-16-14(23(25)26)15(18-10-19-16)20-13-4-2-3-5-13/h6-10,13H,2-5H2,1H3,(H,22,24)(H2,18,19,20,21).